The van der Waals surface area contributed by atoms with Crippen LogP contribution in [0.25, 0.3) is 0 Å². The van der Waals surface area contributed by atoms with Crippen molar-refractivity contribution in [3.8, 4) is 0 Å². The monoisotopic (exact) mass is 317 g/mol. The van der Waals surface area contributed by atoms with Crippen molar-refractivity contribution in [1.82, 2.24) is 14.8 Å². The van der Waals surface area contributed by atoms with Crippen LogP contribution < -0.4 is 0 Å². The summed E-state index contributed by atoms with van der Waals surface area (Å²) in [6.07, 6.45) is 4.72. The van der Waals surface area contributed by atoms with Gasteiger partial charge in [-0.1, -0.05) is 23.9 Å². The Balaban J connectivity index is 1.48. The number of hydrogen-bond donors (Lipinski definition) is 0. The number of Topliss-reactive ketones (excluding diaryl/α,β-unsaturated/α-hetero) is 1. The highest BCUT2D eigenvalue weighted by Gasteiger charge is 2.36. The number of hydrogen-bond acceptors (Lipinski definition) is 4. The Labute approximate surface area is 132 Å². The third-order valence-electron chi connectivity index (χ3n) is 4.02. The van der Waals surface area contributed by atoms with Crippen LogP contribution in [0.4, 0.5) is 4.39 Å². The van der Waals surface area contributed by atoms with Gasteiger partial charge in [-0.25, -0.2) is 4.39 Å². The zero-order valence-corrected chi connectivity index (χ0v) is 12.9. The van der Waals surface area contributed by atoms with Crippen LogP contribution >= 0.6 is 11.8 Å². The second kappa shape index (κ2) is 5.50. The minimum absolute atomic E-state index is 0.0807. The molecule has 0 spiro atoms. The third kappa shape index (κ3) is 2.79. The lowest BCUT2D eigenvalue weighted by molar-refractivity contribution is 0.102. The highest BCUT2D eigenvalue weighted by Crippen LogP contribution is 2.46. The minimum Gasteiger partial charge on any atom is -0.303 e. The van der Waals surface area contributed by atoms with Gasteiger partial charge in [0, 0.05) is 17.5 Å². The van der Waals surface area contributed by atoms with Gasteiger partial charge in [-0.2, -0.15) is 0 Å². The molecule has 0 radical (unpaired) electrons. The molecule has 4 nitrogen and oxygen atoms in total. The Morgan fingerprint density at radius 2 is 2.09 bits per heavy atom. The third-order valence-corrected chi connectivity index (χ3v) is 4.97. The first-order valence-corrected chi connectivity index (χ1v) is 8.57. The van der Waals surface area contributed by atoms with Gasteiger partial charge in [0.25, 0.3) is 0 Å². The van der Waals surface area contributed by atoms with Crippen molar-refractivity contribution in [2.45, 2.75) is 42.8 Å². The van der Waals surface area contributed by atoms with Gasteiger partial charge in [-0.05, 0) is 37.8 Å². The molecule has 2 aliphatic rings. The zero-order chi connectivity index (χ0) is 15.1. The van der Waals surface area contributed by atoms with E-state index >= 15 is 0 Å². The largest absolute Gasteiger partial charge is 0.303 e. The van der Waals surface area contributed by atoms with Crippen LogP contribution in [0, 0.1) is 5.82 Å². The maximum absolute atomic E-state index is 13.2. The van der Waals surface area contributed by atoms with Crippen molar-refractivity contribution < 1.29 is 9.18 Å². The van der Waals surface area contributed by atoms with Crippen LogP contribution in [0.5, 0.6) is 0 Å². The van der Waals surface area contributed by atoms with Crippen molar-refractivity contribution in [3.05, 3.63) is 41.5 Å². The molecule has 0 N–H and O–H groups in total. The Kier molecular flexibility index (Phi) is 3.48. The molecule has 1 heterocycles. The molecule has 114 valence electrons. The van der Waals surface area contributed by atoms with Crippen molar-refractivity contribution in [3.63, 3.8) is 0 Å². The predicted octanol–water partition coefficient (Wildman–Crippen LogP) is 3.60. The maximum Gasteiger partial charge on any atom is 0.191 e. The van der Waals surface area contributed by atoms with Crippen molar-refractivity contribution in [1.29, 1.82) is 0 Å². The van der Waals surface area contributed by atoms with E-state index in [0.717, 1.165) is 11.0 Å². The van der Waals surface area contributed by atoms with Gasteiger partial charge in [0.05, 0.1) is 5.75 Å². The fraction of sp³-hybridized carbons (Fsp3) is 0.438. The zero-order valence-electron chi connectivity index (χ0n) is 12.0. The number of carbonyl (C=O) groups is 1. The number of ketones is 1. The van der Waals surface area contributed by atoms with Crippen molar-refractivity contribution in [2.24, 2.45) is 0 Å². The summed E-state index contributed by atoms with van der Waals surface area (Å²) in [5.41, 5.74) is 0.410. The van der Waals surface area contributed by atoms with Crippen LogP contribution in [0.15, 0.2) is 29.4 Å². The van der Waals surface area contributed by atoms with Gasteiger partial charge in [0.1, 0.15) is 11.6 Å². The number of aromatic nitrogens is 3. The summed E-state index contributed by atoms with van der Waals surface area (Å²) in [6.45, 7) is 0. The molecule has 0 saturated heterocycles. The van der Waals surface area contributed by atoms with Gasteiger partial charge in [0.2, 0.25) is 0 Å². The molecule has 0 unspecified atom stereocenters. The molecule has 2 aromatic rings. The number of thioether (sulfide) groups is 1. The molecule has 1 aromatic carbocycles. The lowest BCUT2D eigenvalue weighted by Crippen LogP contribution is -2.06. The molecule has 2 aliphatic carbocycles. The van der Waals surface area contributed by atoms with Crippen molar-refractivity contribution >= 4 is 17.5 Å². The number of rotatable bonds is 6. The average Bonchev–Trinajstić information content (AvgIpc) is 3.43. The van der Waals surface area contributed by atoms with Gasteiger partial charge in [-0.3, -0.25) is 4.79 Å². The lowest BCUT2D eigenvalue weighted by Gasteiger charge is -2.07. The van der Waals surface area contributed by atoms with E-state index in [2.05, 4.69) is 14.8 Å². The van der Waals surface area contributed by atoms with Gasteiger partial charge in [-0.15, -0.1) is 10.2 Å². The van der Waals surface area contributed by atoms with E-state index in [1.165, 1.54) is 49.6 Å². The molecule has 2 fully saturated rings. The normalized spacial score (nSPS) is 17.7. The van der Waals surface area contributed by atoms with Crippen LogP contribution in [0.1, 0.15) is 53.8 Å². The summed E-state index contributed by atoms with van der Waals surface area (Å²) in [6, 6.07) is 6.34. The molecule has 2 saturated carbocycles. The second-order valence-electron chi connectivity index (χ2n) is 5.94. The quantitative estimate of drug-likeness (QED) is 0.603. The molecular weight excluding hydrogens is 301 g/mol. The highest BCUT2D eigenvalue weighted by atomic mass is 32.2. The molecule has 6 heteroatoms. The van der Waals surface area contributed by atoms with E-state index in [4.69, 9.17) is 0 Å². The van der Waals surface area contributed by atoms with Gasteiger partial charge < -0.3 is 4.57 Å². The Hall–Kier alpha value is -1.69. The first-order valence-electron chi connectivity index (χ1n) is 7.59. The molecule has 0 aliphatic heterocycles. The van der Waals surface area contributed by atoms with Crippen LogP contribution in [-0.2, 0) is 0 Å². The van der Waals surface area contributed by atoms with Gasteiger partial charge >= 0.3 is 0 Å². The van der Waals surface area contributed by atoms with E-state index < -0.39 is 0 Å². The number of nitrogens with zero attached hydrogens (tertiary/aromatic N) is 3. The summed E-state index contributed by atoms with van der Waals surface area (Å²) < 4.78 is 15.4. The summed E-state index contributed by atoms with van der Waals surface area (Å²) in [5, 5.41) is 9.42. The number of halogens is 1. The van der Waals surface area contributed by atoms with Crippen LogP contribution in [0.2, 0.25) is 0 Å². The Bertz CT molecular complexity index is 722. The minimum atomic E-state index is -0.381. The standard InChI is InChI=1S/C16H16FN3OS/c17-12-3-1-2-11(8-12)14(21)9-22-16-19-18-15(10-4-5-10)20(16)13-6-7-13/h1-3,8,10,13H,4-7,9H2. The molecule has 0 bridgehead atoms. The molecular formula is C16H16FN3OS. The number of benzene rings is 1. The molecule has 0 atom stereocenters. The molecule has 22 heavy (non-hydrogen) atoms. The predicted molar refractivity (Wildman–Crippen MR) is 81.7 cm³/mol. The van der Waals surface area contributed by atoms with Crippen LogP contribution in [0.3, 0.4) is 0 Å². The fourth-order valence-corrected chi connectivity index (χ4v) is 3.47. The average molecular weight is 317 g/mol. The van der Waals surface area contributed by atoms with E-state index in [1.807, 2.05) is 0 Å². The SMILES string of the molecule is O=C(CSc1nnc(C2CC2)n1C1CC1)c1cccc(F)c1. The summed E-state index contributed by atoms with van der Waals surface area (Å²) in [4.78, 5) is 12.2. The lowest BCUT2D eigenvalue weighted by atomic mass is 10.1. The maximum atomic E-state index is 13.2. The molecule has 4 rings (SSSR count). The summed E-state index contributed by atoms with van der Waals surface area (Å²) in [5.74, 6) is 1.44. The Morgan fingerprint density at radius 1 is 1.27 bits per heavy atom. The van der Waals surface area contributed by atoms with Gasteiger partial charge in [0.15, 0.2) is 10.9 Å². The summed E-state index contributed by atoms with van der Waals surface area (Å²) >= 11 is 1.41. The fourth-order valence-electron chi connectivity index (χ4n) is 2.56. The Morgan fingerprint density at radius 3 is 2.77 bits per heavy atom. The first-order chi connectivity index (χ1) is 10.7. The summed E-state index contributed by atoms with van der Waals surface area (Å²) in [7, 11) is 0. The molecule has 0 amide bonds. The van der Waals surface area contributed by atoms with E-state index in [9.17, 15) is 9.18 Å². The first kappa shape index (κ1) is 13.9. The van der Waals surface area contributed by atoms with Crippen molar-refractivity contribution in [2.75, 3.05) is 5.75 Å². The van der Waals surface area contributed by atoms with E-state index in [1.54, 1.807) is 12.1 Å². The van der Waals surface area contributed by atoms with E-state index in [0.29, 0.717) is 17.5 Å². The topological polar surface area (TPSA) is 47.8 Å². The molecule has 1 aromatic heterocycles. The number of carbonyl (C=O) groups excluding carboxylic acids is 1. The van der Waals surface area contributed by atoms with Crippen LogP contribution in [-0.4, -0.2) is 26.3 Å². The smallest absolute Gasteiger partial charge is 0.191 e. The highest BCUT2D eigenvalue weighted by molar-refractivity contribution is 7.99. The van der Waals surface area contributed by atoms with E-state index in [-0.39, 0.29) is 17.4 Å². The second-order valence-corrected chi connectivity index (χ2v) is 6.88.